The first kappa shape index (κ1) is 20.7. The van der Waals surface area contributed by atoms with Crippen molar-refractivity contribution in [3.63, 3.8) is 0 Å². The molecule has 2 aromatic rings. The normalized spacial score (nSPS) is 19.2. The van der Waals surface area contributed by atoms with Crippen LogP contribution in [-0.4, -0.2) is 61.6 Å². The molecular weight excluding hydrogens is 396 g/mol. The molecule has 2 amide bonds. The second-order valence-electron chi connectivity index (χ2n) is 7.75. The number of amides is 2. The standard InChI is InChI=1S/C23H24N4O4/c1-16(22(28)25-18-8-6-17(14-24)7-9-18)26-10-12-27(13-11-26)23(29)21-15-30-19-4-2-3-5-20(19)31-21/h2-9,16,21H,10-13,15H2,1H3,(H,25,28)/p+1/t16-,21-/m1/s1. The summed E-state index contributed by atoms with van der Waals surface area (Å²) in [7, 11) is 0. The van der Waals surface area contributed by atoms with Crippen LogP contribution in [0.5, 0.6) is 11.5 Å². The number of rotatable bonds is 4. The molecule has 0 spiro atoms. The number of fused-ring (bicyclic) bond motifs is 1. The highest BCUT2D eigenvalue weighted by Gasteiger charge is 2.35. The van der Waals surface area contributed by atoms with E-state index in [1.165, 1.54) is 0 Å². The van der Waals surface area contributed by atoms with E-state index in [2.05, 4.69) is 11.4 Å². The van der Waals surface area contributed by atoms with Crippen LogP contribution in [0.3, 0.4) is 0 Å². The van der Waals surface area contributed by atoms with E-state index in [0.717, 1.165) is 4.90 Å². The minimum Gasteiger partial charge on any atom is -0.485 e. The zero-order chi connectivity index (χ0) is 21.8. The van der Waals surface area contributed by atoms with Crippen LogP contribution in [0.15, 0.2) is 48.5 Å². The molecule has 8 heteroatoms. The van der Waals surface area contributed by atoms with Gasteiger partial charge in [-0.1, -0.05) is 12.1 Å². The lowest BCUT2D eigenvalue weighted by Gasteiger charge is -2.37. The molecule has 4 rings (SSSR count). The molecule has 0 radical (unpaired) electrons. The fourth-order valence-electron chi connectivity index (χ4n) is 3.86. The van der Waals surface area contributed by atoms with Crippen molar-refractivity contribution in [2.45, 2.75) is 19.1 Å². The fraction of sp³-hybridized carbons (Fsp3) is 0.348. The van der Waals surface area contributed by atoms with Crippen molar-refractivity contribution in [1.29, 1.82) is 5.26 Å². The Kier molecular flexibility index (Phi) is 6.05. The second-order valence-corrected chi connectivity index (χ2v) is 7.75. The van der Waals surface area contributed by atoms with Crippen LogP contribution in [0, 0.1) is 11.3 Å². The van der Waals surface area contributed by atoms with Gasteiger partial charge in [0.05, 0.1) is 37.8 Å². The number of nitriles is 1. The highest BCUT2D eigenvalue weighted by molar-refractivity contribution is 5.93. The largest absolute Gasteiger partial charge is 0.485 e. The van der Waals surface area contributed by atoms with Crippen molar-refractivity contribution < 1.29 is 24.0 Å². The number of hydrogen-bond acceptors (Lipinski definition) is 5. The Labute approximate surface area is 181 Å². The van der Waals surface area contributed by atoms with Gasteiger partial charge in [-0.05, 0) is 43.3 Å². The molecule has 1 fully saturated rings. The Bertz CT molecular complexity index is 993. The zero-order valence-electron chi connectivity index (χ0n) is 17.3. The molecule has 2 atom stereocenters. The summed E-state index contributed by atoms with van der Waals surface area (Å²) in [4.78, 5) is 28.4. The maximum Gasteiger partial charge on any atom is 0.282 e. The molecule has 160 valence electrons. The van der Waals surface area contributed by atoms with Gasteiger partial charge in [-0.2, -0.15) is 5.26 Å². The molecule has 0 unspecified atom stereocenters. The van der Waals surface area contributed by atoms with E-state index in [1.807, 2.05) is 25.1 Å². The number of nitrogens with one attached hydrogen (secondary N) is 2. The van der Waals surface area contributed by atoms with Crippen molar-refractivity contribution in [3.8, 4) is 17.6 Å². The van der Waals surface area contributed by atoms with Gasteiger partial charge in [0.1, 0.15) is 6.61 Å². The third-order valence-electron chi connectivity index (χ3n) is 5.79. The third-order valence-corrected chi connectivity index (χ3v) is 5.79. The van der Waals surface area contributed by atoms with Gasteiger partial charge in [-0.25, -0.2) is 0 Å². The van der Waals surface area contributed by atoms with Crippen LogP contribution < -0.4 is 19.7 Å². The summed E-state index contributed by atoms with van der Waals surface area (Å²) in [6, 6.07) is 15.9. The number of benzene rings is 2. The van der Waals surface area contributed by atoms with Crippen LogP contribution in [0.1, 0.15) is 12.5 Å². The average molecular weight is 421 g/mol. The molecule has 0 saturated carbocycles. The monoisotopic (exact) mass is 421 g/mol. The van der Waals surface area contributed by atoms with Gasteiger partial charge in [-0.3, -0.25) is 9.59 Å². The number of anilines is 1. The summed E-state index contributed by atoms with van der Waals surface area (Å²) in [5.41, 5.74) is 1.21. The van der Waals surface area contributed by atoms with E-state index in [0.29, 0.717) is 48.9 Å². The van der Waals surface area contributed by atoms with E-state index in [9.17, 15) is 9.59 Å². The van der Waals surface area contributed by atoms with E-state index >= 15 is 0 Å². The molecule has 8 nitrogen and oxygen atoms in total. The zero-order valence-corrected chi connectivity index (χ0v) is 17.3. The summed E-state index contributed by atoms with van der Waals surface area (Å²) < 4.78 is 11.5. The average Bonchev–Trinajstić information content (AvgIpc) is 2.83. The molecular formula is C23H25N4O4+. The SMILES string of the molecule is C[C@H](C(=O)Nc1ccc(C#N)cc1)[NH+]1CCN(C(=O)[C@H]2COc3ccccc3O2)CC1. The summed E-state index contributed by atoms with van der Waals surface area (Å²) >= 11 is 0. The van der Waals surface area contributed by atoms with E-state index < -0.39 is 6.10 Å². The van der Waals surface area contributed by atoms with Crippen LogP contribution in [0.25, 0.3) is 0 Å². The van der Waals surface area contributed by atoms with E-state index in [1.54, 1.807) is 35.2 Å². The molecule has 0 aliphatic carbocycles. The molecule has 0 aromatic heterocycles. The quantitative estimate of drug-likeness (QED) is 0.748. The third kappa shape index (κ3) is 4.62. The molecule has 2 aliphatic rings. The predicted octanol–water partition coefficient (Wildman–Crippen LogP) is 0.452. The number of ether oxygens (including phenoxy) is 2. The minimum atomic E-state index is -0.645. The van der Waals surface area contributed by atoms with Crippen molar-refractivity contribution in [3.05, 3.63) is 54.1 Å². The topological polar surface area (TPSA) is 96.1 Å². The van der Waals surface area contributed by atoms with Gasteiger partial charge < -0.3 is 24.6 Å². The van der Waals surface area contributed by atoms with Crippen molar-refractivity contribution in [1.82, 2.24) is 4.90 Å². The van der Waals surface area contributed by atoms with Crippen molar-refractivity contribution >= 4 is 17.5 Å². The van der Waals surface area contributed by atoms with E-state index in [4.69, 9.17) is 14.7 Å². The summed E-state index contributed by atoms with van der Waals surface area (Å²) in [5.74, 6) is 1.08. The summed E-state index contributed by atoms with van der Waals surface area (Å²) in [6.45, 7) is 4.57. The minimum absolute atomic E-state index is 0.0803. The molecule has 0 bridgehead atoms. The van der Waals surface area contributed by atoms with Crippen LogP contribution in [-0.2, 0) is 9.59 Å². The van der Waals surface area contributed by atoms with Crippen LogP contribution >= 0.6 is 0 Å². The molecule has 1 saturated heterocycles. The van der Waals surface area contributed by atoms with Gasteiger partial charge in [0, 0.05) is 5.69 Å². The van der Waals surface area contributed by atoms with Crippen molar-refractivity contribution in [2.75, 3.05) is 38.1 Å². The second kappa shape index (κ2) is 9.06. The number of carbonyl (C=O) groups is 2. The Hall–Kier alpha value is -3.57. The van der Waals surface area contributed by atoms with Crippen LogP contribution in [0.2, 0.25) is 0 Å². The number of hydrogen-bond donors (Lipinski definition) is 2. The number of nitrogens with zero attached hydrogens (tertiary/aromatic N) is 2. The molecule has 31 heavy (non-hydrogen) atoms. The Morgan fingerprint density at radius 2 is 1.81 bits per heavy atom. The van der Waals surface area contributed by atoms with Gasteiger partial charge in [0.25, 0.3) is 11.8 Å². The van der Waals surface area contributed by atoms with Gasteiger partial charge >= 0.3 is 0 Å². The Morgan fingerprint density at radius 3 is 2.48 bits per heavy atom. The lowest BCUT2D eigenvalue weighted by atomic mass is 10.1. The maximum absolute atomic E-state index is 12.9. The van der Waals surface area contributed by atoms with Crippen LogP contribution in [0.4, 0.5) is 5.69 Å². The Balaban J connectivity index is 1.28. The maximum atomic E-state index is 12.9. The first-order valence-electron chi connectivity index (χ1n) is 10.4. The lowest BCUT2D eigenvalue weighted by Crippen LogP contribution is -3.19. The summed E-state index contributed by atoms with van der Waals surface area (Å²) in [6.07, 6.45) is -0.645. The molecule has 2 aliphatic heterocycles. The summed E-state index contributed by atoms with van der Waals surface area (Å²) in [5, 5.41) is 11.8. The predicted molar refractivity (Wildman–Crippen MR) is 113 cm³/mol. The Morgan fingerprint density at radius 1 is 1.13 bits per heavy atom. The first-order valence-corrected chi connectivity index (χ1v) is 10.4. The van der Waals surface area contributed by atoms with Gasteiger partial charge in [0.2, 0.25) is 6.10 Å². The number of para-hydroxylation sites is 2. The molecule has 2 heterocycles. The molecule has 2 aromatic carbocycles. The van der Waals surface area contributed by atoms with Crippen molar-refractivity contribution in [2.24, 2.45) is 0 Å². The smallest absolute Gasteiger partial charge is 0.282 e. The van der Waals surface area contributed by atoms with Gasteiger partial charge in [0.15, 0.2) is 17.5 Å². The highest BCUT2D eigenvalue weighted by atomic mass is 16.6. The lowest BCUT2D eigenvalue weighted by molar-refractivity contribution is -0.917. The highest BCUT2D eigenvalue weighted by Crippen LogP contribution is 2.31. The first-order chi connectivity index (χ1) is 15.0. The molecule has 2 N–H and O–H groups in total. The number of quaternary nitrogens is 1. The van der Waals surface area contributed by atoms with Gasteiger partial charge in [-0.15, -0.1) is 0 Å². The number of carbonyl (C=O) groups excluding carboxylic acids is 2. The fourth-order valence-corrected chi connectivity index (χ4v) is 3.86. The van der Waals surface area contributed by atoms with E-state index in [-0.39, 0.29) is 24.5 Å². The number of piperazine rings is 1.